The predicted octanol–water partition coefficient (Wildman–Crippen LogP) is 9.96. The van der Waals surface area contributed by atoms with Crippen molar-refractivity contribution in [2.24, 2.45) is 0 Å². The smallest absolute Gasteiger partial charge is 0.463 e. The van der Waals surface area contributed by atoms with Gasteiger partial charge < -0.3 is 89.1 Å². The van der Waals surface area contributed by atoms with Crippen LogP contribution in [0.2, 0.25) is 0 Å². The number of esters is 3. The summed E-state index contributed by atoms with van der Waals surface area (Å²) in [5.41, 5.74) is 0. The lowest BCUT2D eigenvalue weighted by atomic mass is 9.84. The first-order chi connectivity index (χ1) is 46.3. The van der Waals surface area contributed by atoms with Gasteiger partial charge in [0.25, 0.3) is 0 Å². The maximum absolute atomic E-state index is 14.3. The Labute approximate surface area is 573 Å². The molecule has 3 aliphatic rings. The van der Waals surface area contributed by atoms with Crippen LogP contribution in [-0.2, 0) is 61.2 Å². The topological polar surface area (TPSA) is 374 Å². The largest absolute Gasteiger partial charge is 0.472 e. The second-order valence-corrected chi connectivity index (χ2v) is 28.4. The molecule has 1 saturated carbocycles. The maximum Gasteiger partial charge on any atom is 0.472 e. The summed E-state index contributed by atoms with van der Waals surface area (Å²) < 4.78 is 65.0. The molecule has 1 aliphatic carbocycles. The third kappa shape index (κ3) is 36.5. The molecule has 3 rings (SSSR count). The molecule has 25 heteroatoms. The minimum Gasteiger partial charge on any atom is -0.463 e. The van der Waals surface area contributed by atoms with E-state index in [1.165, 1.54) is 141 Å². The van der Waals surface area contributed by atoms with Gasteiger partial charge in [0.1, 0.15) is 98.7 Å². The molecule has 2 heterocycles. The normalized spacial score (nSPS) is 28.0. The van der Waals surface area contributed by atoms with Crippen LogP contribution in [0.4, 0.5) is 0 Å². The molecule has 0 aromatic rings. The van der Waals surface area contributed by atoms with Crippen molar-refractivity contribution in [3.8, 4) is 0 Å². The van der Waals surface area contributed by atoms with Crippen molar-refractivity contribution in [1.82, 2.24) is 0 Å². The Morgan fingerprint density at radius 2 is 0.729 bits per heavy atom. The number of phosphoric ester groups is 1. The standard InChI is InChI=1S/C71H131O24P/c1-4-7-10-13-16-19-22-25-27-29-32-33-36-39-42-45-55(73)87-49-52(90-57(75)47-44-41-38-35-30-24-21-18-15-12-9-6-3)50-89-96(85,86)95-69-67(93-70-65(83)60(78)58(76)53(48-72)91-70)63(81)62(80)64(82)68(69)94-71-66(84)61(79)59(77)54(92-71)51-88-56(74)46-43-40-37-34-31-28-26-23-20-17-14-11-8-5-2/h28,31,52-54,58-72,76-84H,4-27,29-30,32-51H2,1-3H3,(H,85,86)/b31-28-. The van der Waals surface area contributed by atoms with E-state index in [1.807, 2.05) is 0 Å². The van der Waals surface area contributed by atoms with E-state index in [0.29, 0.717) is 19.3 Å². The molecular weight excluding hydrogens is 1270 g/mol. The molecule has 0 amide bonds. The fourth-order valence-electron chi connectivity index (χ4n) is 12.4. The number of phosphoric acid groups is 1. The van der Waals surface area contributed by atoms with Crippen LogP contribution in [0, 0.1) is 0 Å². The number of carbonyl (C=O) groups is 3. The molecule has 0 aromatic carbocycles. The fraction of sp³-hybridized carbons (Fsp3) is 0.930. The molecule has 18 atom stereocenters. The highest BCUT2D eigenvalue weighted by Crippen LogP contribution is 2.49. The van der Waals surface area contributed by atoms with Gasteiger partial charge in [-0.3, -0.25) is 23.4 Å². The Balaban J connectivity index is 1.74. The minimum absolute atomic E-state index is 0.00960. The molecule has 0 radical (unpaired) electrons. The summed E-state index contributed by atoms with van der Waals surface area (Å²) in [5, 5.41) is 110. The van der Waals surface area contributed by atoms with Gasteiger partial charge in [-0.2, -0.15) is 0 Å². The van der Waals surface area contributed by atoms with Crippen molar-refractivity contribution in [2.75, 3.05) is 26.4 Å². The zero-order chi connectivity index (χ0) is 70.4. The molecule has 0 bridgehead atoms. The average Bonchev–Trinajstić information content (AvgIpc) is 0.764. The van der Waals surface area contributed by atoms with Gasteiger partial charge in [-0.25, -0.2) is 4.57 Å². The Morgan fingerprint density at radius 3 is 1.14 bits per heavy atom. The van der Waals surface area contributed by atoms with Crippen molar-refractivity contribution in [3.63, 3.8) is 0 Å². The monoisotopic (exact) mass is 1400 g/mol. The number of ether oxygens (including phenoxy) is 7. The molecule has 2 saturated heterocycles. The van der Waals surface area contributed by atoms with Crippen LogP contribution in [0.1, 0.15) is 290 Å². The third-order valence-corrected chi connectivity index (χ3v) is 19.5. The molecule has 11 N–H and O–H groups in total. The number of allylic oxidation sites excluding steroid dienone is 2. The van der Waals surface area contributed by atoms with E-state index in [0.717, 1.165) is 89.9 Å². The summed E-state index contributed by atoms with van der Waals surface area (Å²) in [6, 6.07) is 0. The zero-order valence-corrected chi connectivity index (χ0v) is 59.6. The van der Waals surface area contributed by atoms with Gasteiger partial charge in [-0.1, -0.05) is 238 Å². The van der Waals surface area contributed by atoms with Crippen LogP contribution >= 0.6 is 7.82 Å². The lowest BCUT2D eigenvalue weighted by Gasteiger charge is -2.49. The maximum atomic E-state index is 14.3. The van der Waals surface area contributed by atoms with Crippen LogP contribution < -0.4 is 0 Å². The first-order valence-corrected chi connectivity index (χ1v) is 39.0. The van der Waals surface area contributed by atoms with Crippen LogP contribution in [0.25, 0.3) is 0 Å². The third-order valence-electron chi connectivity index (χ3n) is 18.5. The summed E-state index contributed by atoms with van der Waals surface area (Å²) in [6.45, 7) is 3.43. The van der Waals surface area contributed by atoms with Gasteiger partial charge in [-0.15, -0.1) is 0 Å². The highest BCUT2D eigenvalue weighted by molar-refractivity contribution is 7.47. The van der Waals surface area contributed by atoms with E-state index in [1.54, 1.807) is 0 Å². The first-order valence-electron chi connectivity index (χ1n) is 37.5. The average molecular weight is 1400 g/mol. The molecule has 2 aliphatic heterocycles. The fourth-order valence-corrected chi connectivity index (χ4v) is 13.4. The second-order valence-electron chi connectivity index (χ2n) is 27.0. The van der Waals surface area contributed by atoms with Crippen LogP contribution in [0.5, 0.6) is 0 Å². The van der Waals surface area contributed by atoms with Crippen LogP contribution in [-0.4, -0.2) is 204 Å². The van der Waals surface area contributed by atoms with Crippen molar-refractivity contribution in [3.05, 3.63) is 12.2 Å². The quantitative estimate of drug-likeness (QED) is 0.00886. The zero-order valence-electron chi connectivity index (χ0n) is 58.7. The molecule has 96 heavy (non-hydrogen) atoms. The molecule has 0 spiro atoms. The van der Waals surface area contributed by atoms with Gasteiger partial charge in [0, 0.05) is 19.3 Å². The van der Waals surface area contributed by atoms with Crippen molar-refractivity contribution in [2.45, 2.75) is 395 Å². The molecule has 24 nitrogen and oxygen atoms in total. The van der Waals surface area contributed by atoms with E-state index in [4.69, 9.17) is 42.2 Å². The van der Waals surface area contributed by atoms with E-state index in [2.05, 4.69) is 32.9 Å². The summed E-state index contributed by atoms with van der Waals surface area (Å²) >= 11 is 0. The van der Waals surface area contributed by atoms with E-state index < -0.39 is 156 Å². The Kier molecular flexibility index (Phi) is 49.0. The second kappa shape index (κ2) is 53.5. The Morgan fingerprint density at radius 1 is 0.396 bits per heavy atom. The number of hydrogen-bond donors (Lipinski definition) is 11. The summed E-state index contributed by atoms with van der Waals surface area (Å²) in [7, 11) is -5.69. The molecule has 564 valence electrons. The van der Waals surface area contributed by atoms with E-state index in [9.17, 15) is 74.9 Å². The summed E-state index contributed by atoms with van der Waals surface area (Å²) in [5.74, 6) is -2.00. The Hall–Kier alpha value is -2.30. The number of aliphatic hydroxyl groups is 10. The predicted molar refractivity (Wildman–Crippen MR) is 361 cm³/mol. The van der Waals surface area contributed by atoms with Crippen molar-refractivity contribution < 1.29 is 117 Å². The van der Waals surface area contributed by atoms with E-state index >= 15 is 0 Å². The van der Waals surface area contributed by atoms with Crippen LogP contribution in [0.3, 0.4) is 0 Å². The number of aliphatic hydroxyl groups excluding tert-OH is 10. The lowest BCUT2D eigenvalue weighted by Crippen LogP contribution is -2.69. The SMILES string of the molecule is CCCCCCCCC/C=C\CCCCCC(=O)OCC1OC(OC2C(O)C(O)C(O)C(OC3OC(CO)C(O)C(O)C3O)C2OP(=O)(O)OCC(COC(=O)CCCCCCCCCCCCCCCCC)OC(=O)CCCCCCCCCCCCCC)C(O)C(O)C1O. The van der Waals surface area contributed by atoms with E-state index in [-0.39, 0.29) is 19.3 Å². The highest BCUT2D eigenvalue weighted by Gasteiger charge is 2.58. The van der Waals surface area contributed by atoms with Gasteiger partial charge >= 0.3 is 25.7 Å². The molecule has 18 unspecified atom stereocenters. The van der Waals surface area contributed by atoms with Crippen molar-refractivity contribution in [1.29, 1.82) is 0 Å². The Bertz CT molecular complexity index is 2040. The van der Waals surface area contributed by atoms with Gasteiger partial charge in [0.05, 0.1) is 13.2 Å². The summed E-state index contributed by atoms with van der Waals surface area (Å²) in [4.78, 5) is 50.9. The van der Waals surface area contributed by atoms with Gasteiger partial charge in [-0.05, 0) is 44.9 Å². The minimum atomic E-state index is -5.69. The highest BCUT2D eigenvalue weighted by atomic mass is 31.2. The molecule has 0 aromatic heterocycles. The van der Waals surface area contributed by atoms with Crippen LogP contribution in [0.15, 0.2) is 12.2 Å². The van der Waals surface area contributed by atoms with Gasteiger partial charge in [0.15, 0.2) is 18.7 Å². The number of carbonyl (C=O) groups excluding carboxylic acids is 3. The first kappa shape index (κ1) is 87.9. The van der Waals surface area contributed by atoms with Gasteiger partial charge in [0.2, 0.25) is 0 Å². The molecule has 3 fully saturated rings. The summed E-state index contributed by atoms with van der Waals surface area (Å²) in [6.07, 6.45) is 11.4. The number of hydrogen-bond acceptors (Lipinski definition) is 23. The molecular formula is C71H131O24P. The number of unbranched alkanes of at least 4 members (excludes halogenated alkanes) is 35. The lowest BCUT2D eigenvalue weighted by molar-refractivity contribution is -0.360. The van der Waals surface area contributed by atoms with Crippen molar-refractivity contribution >= 4 is 25.7 Å². The number of rotatable bonds is 58.